The van der Waals surface area contributed by atoms with Crippen LogP contribution in [0.5, 0.6) is 0 Å². The predicted molar refractivity (Wildman–Crippen MR) is 123 cm³/mol. The van der Waals surface area contributed by atoms with Gasteiger partial charge < -0.3 is 11.1 Å². The van der Waals surface area contributed by atoms with Crippen molar-refractivity contribution in [2.75, 3.05) is 13.1 Å². The highest BCUT2D eigenvalue weighted by Crippen LogP contribution is 2.25. The third-order valence-electron chi connectivity index (χ3n) is 5.95. The van der Waals surface area contributed by atoms with Crippen LogP contribution in [0.25, 0.3) is 0 Å². The molecule has 0 saturated carbocycles. The fraction of sp³-hybridized carbons (Fsp3) is 0.417. The predicted octanol–water partition coefficient (Wildman–Crippen LogP) is 2.42. The summed E-state index contributed by atoms with van der Waals surface area (Å²) in [7, 11) is -3.60. The van der Waals surface area contributed by atoms with Gasteiger partial charge in [0.25, 0.3) is 0 Å². The molecule has 2 aromatic rings. The molecule has 3 rings (SSSR count). The molecule has 1 fully saturated rings. The molecular weight excluding hydrogens is 426 g/mol. The molecule has 0 aromatic heterocycles. The number of sulfonamides is 1. The molecule has 0 aliphatic carbocycles. The summed E-state index contributed by atoms with van der Waals surface area (Å²) >= 11 is 0. The maximum absolute atomic E-state index is 13.0. The van der Waals surface area contributed by atoms with E-state index >= 15 is 0 Å². The zero-order chi connectivity index (χ0) is 23.3. The summed E-state index contributed by atoms with van der Waals surface area (Å²) in [6, 6.07) is 15.5. The van der Waals surface area contributed by atoms with Crippen LogP contribution in [0.3, 0.4) is 0 Å². The van der Waals surface area contributed by atoms with Gasteiger partial charge in [-0.2, -0.15) is 4.31 Å². The number of hydrogen-bond acceptors (Lipinski definition) is 4. The highest BCUT2D eigenvalue weighted by molar-refractivity contribution is 7.89. The second-order valence-corrected chi connectivity index (χ2v) is 10.5. The van der Waals surface area contributed by atoms with Crippen LogP contribution < -0.4 is 11.1 Å². The number of hydrogen-bond donors (Lipinski definition) is 2. The van der Waals surface area contributed by atoms with E-state index in [4.69, 9.17) is 5.73 Å². The van der Waals surface area contributed by atoms with Gasteiger partial charge in [0.2, 0.25) is 21.8 Å². The Morgan fingerprint density at radius 3 is 2.16 bits per heavy atom. The van der Waals surface area contributed by atoms with E-state index in [-0.39, 0.29) is 29.8 Å². The molecule has 172 valence electrons. The second kappa shape index (κ2) is 10.3. The minimum Gasteiger partial charge on any atom is -0.368 e. The molecule has 3 N–H and O–H groups in total. The Labute approximate surface area is 190 Å². The molecule has 1 aliphatic heterocycles. The Morgan fingerprint density at radius 2 is 1.62 bits per heavy atom. The van der Waals surface area contributed by atoms with E-state index in [0.717, 1.165) is 11.1 Å². The number of carbonyl (C=O) groups excluding carboxylic acids is 2. The lowest BCUT2D eigenvalue weighted by Crippen LogP contribution is -2.50. The van der Waals surface area contributed by atoms with Gasteiger partial charge in [-0.1, -0.05) is 56.3 Å². The number of primary amides is 1. The Kier molecular flexibility index (Phi) is 7.69. The van der Waals surface area contributed by atoms with E-state index in [9.17, 15) is 18.0 Å². The van der Waals surface area contributed by atoms with E-state index in [1.54, 1.807) is 12.1 Å². The van der Waals surface area contributed by atoms with E-state index in [1.807, 2.05) is 42.5 Å². The van der Waals surface area contributed by atoms with Crippen LogP contribution in [0, 0.1) is 5.92 Å². The smallest absolute Gasteiger partial charge is 0.243 e. The van der Waals surface area contributed by atoms with Gasteiger partial charge in [0.05, 0.1) is 4.90 Å². The molecule has 1 atom stereocenters. The third-order valence-corrected chi connectivity index (χ3v) is 7.86. The van der Waals surface area contributed by atoms with Gasteiger partial charge in [0.1, 0.15) is 6.04 Å². The lowest BCUT2D eigenvalue weighted by Gasteiger charge is -2.31. The second-order valence-electron chi connectivity index (χ2n) is 8.56. The number of rotatable bonds is 8. The van der Waals surface area contributed by atoms with Crippen molar-refractivity contribution in [1.29, 1.82) is 0 Å². The molecule has 8 heteroatoms. The van der Waals surface area contributed by atoms with Crippen molar-refractivity contribution in [3.63, 3.8) is 0 Å². The van der Waals surface area contributed by atoms with Crippen LogP contribution >= 0.6 is 0 Å². The lowest BCUT2D eigenvalue weighted by atomic mass is 9.96. The highest BCUT2D eigenvalue weighted by atomic mass is 32.2. The summed E-state index contributed by atoms with van der Waals surface area (Å²) in [5.41, 5.74) is 7.48. The average molecular weight is 458 g/mol. The zero-order valence-electron chi connectivity index (χ0n) is 18.5. The van der Waals surface area contributed by atoms with Gasteiger partial charge in [-0.3, -0.25) is 9.59 Å². The molecule has 2 aromatic carbocycles. The first-order chi connectivity index (χ1) is 15.2. The molecule has 0 radical (unpaired) electrons. The van der Waals surface area contributed by atoms with Crippen LogP contribution in [0.15, 0.2) is 59.5 Å². The van der Waals surface area contributed by atoms with Crippen LogP contribution in [-0.4, -0.2) is 43.7 Å². The Hall–Kier alpha value is -2.71. The average Bonchev–Trinajstić information content (AvgIpc) is 2.79. The third kappa shape index (κ3) is 5.75. The lowest BCUT2D eigenvalue weighted by molar-refractivity contribution is -0.130. The van der Waals surface area contributed by atoms with Crippen molar-refractivity contribution in [1.82, 2.24) is 9.62 Å². The van der Waals surface area contributed by atoms with E-state index in [2.05, 4.69) is 19.2 Å². The zero-order valence-corrected chi connectivity index (χ0v) is 19.3. The van der Waals surface area contributed by atoms with Gasteiger partial charge in [-0.15, -0.1) is 0 Å². The number of benzene rings is 2. The Balaban J connectivity index is 1.59. The molecular formula is C24H31N3O4S. The summed E-state index contributed by atoms with van der Waals surface area (Å²) in [5, 5.41) is 2.76. The summed E-state index contributed by atoms with van der Waals surface area (Å²) in [6.07, 6.45) is 1.11. The summed E-state index contributed by atoms with van der Waals surface area (Å²) in [5.74, 6) is -0.885. The first-order valence-electron chi connectivity index (χ1n) is 10.9. The topological polar surface area (TPSA) is 110 Å². The van der Waals surface area contributed by atoms with Crippen LogP contribution in [-0.2, 0) is 26.0 Å². The van der Waals surface area contributed by atoms with Crippen molar-refractivity contribution in [3.8, 4) is 0 Å². The number of carbonyl (C=O) groups is 2. The summed E-state index contributed by atoms with van der Waals surface area (Å²) in [4.78, 5) is 24.9. The monoisotopic (exact) mass is 457 g/mol. The van der Waals surface area contributed by atoms with E-state index in [1.165, 1.54) is 4.31 Å². The minimum absolute atomic E-state index is 0.256. The van der Waals surface area contributed by atoms with Crippen molar-refractivity contribution < 1.29 is 18.0 Å². The maximum Gasteiger partial charge on any atom is 0.243 e. The SMILES string of the molecule is CC(C)c1ccc(S(=O)(=O)N2CCC(C(=O)NC(Cc3ccccc3)C(N)=O)CC2)cc1. The Bertz CT molecular complexity index is 1030. The van der Waals surface area contributed by atoms with Gasteiger partial charge >= 0.3 is 0 Å². The molecule has 2 amide bonds. The molecule has 32 heavy (non-hydrogen) atoms. The number of nitrogens with two attached hydrogens (primary N) is 1. The summed E-state index contributed by atoms with van der Waals surface area (Å²) in [6.45, 7) is 4.63. The molecule has 0 spiro atoms. The normalized spacial score (nSPS) is 16.6. The van der Waals surface area contributed by atoms with E-state index in [0.29, 0.717) is 25.2 Å². The number of nitrogens with one attached hydrogen (secondary N) is 1. The molecule has 1 heterocycles. The first kappa shape index (κ1) is 23.9. The van der Waals surface area contributed by atoms with Crippen molar-refractivity contribution >= 4 is 21.8 Å². The number of piperidine rings is 1. The van der Waals surface area contributed by atoms with Gasteiger partial charge in [0, 0.05) is 25.4 Å². The first-order valence-corrected chi connectivity index (χ1v) is 12.4. The van der Waals surface area contributed by atoms with Crippen molar-refractivity contribution in [3.05, 3.63) is 65.7 Å². The summed E-state index contributed by atoms with van der Waals surface area (Å²) < 4.78 is 27.4. The number of amides is 2. The fourth-order valence-electron chi connectivity index (χ4n) is 3.89. The van der Waals surface area contributed by atoms with Crippen LogP contribution in [0.1, 0.15) is 43.7 Å². The van der Waals surface area contributed by atoms with Crippen molar-refractivity contribution in [2.24, 2.45) is 11.7 Å². The van der Waals surface area contributed by atoms with Gasteiger partial charge in [-0.25, -0.2) is 8.42 Å². The quantitative estimate of drug-likeness (QED) is 0.634. The minimum atomic E-state index is -3.60. The molecule has 1 unspecified atom stereocenters. The molecule has 1 saturated heterocycles. The molecule has 0 bridgehead atoms. The Morgan fingerprint density at radius 1 is 1.03 bits per heavy atom. The number of nitrogens with zero attached hydrogens (tertiary/aromatic N) is 1. The van der Waals surface area contributed by atoms with E-state index < -0.39 is 22.0 Å². The largest absolute Gasteiger partial charge is 0.368 e. The maximum atomic E-state index is 13.0. The molecule has 7 nitrogen and oxygen atoms in total. The van der Waals surface area contributed by atoms with Crippen LogP contribution in [0.2, 0.25) is 0 Å². The van der Waals surface area contributed by atoms with Gasteiger partial charge in [0.15, 0.2) is 0 Å². The standard InChI is InChI=1S/C24H31N3O4S/c1-17(2)19-8-10-21(11-9-19)32(30,31)27-14-12-20(13-15-27)24(29)26-22(23(25)28)16-18-6-4-3-5-7-18/h3-11,17,20,22H,12-16H2,1-2H3,(H2,25,28)(H,26,29). The van der Waals surface area contributed by atoms with Gasteiger partial charge in [-0.05, 0) is 42.0 Å². The van der Waals surface area contributed by atoms with Crippen molar-refractivity contribution in [2.45, 2.75) is 50.0 Å². The highest BCUT2D eigenvalue weighted by Gasteiger charge is 2.33. The molecule has 1 aliphatic rings. The van der Waals surface area contributed by atoms with Crippen LogP contribution in [0.4, 0.5) is 0 Å². The fourth-order valence-corrected chi connectivity index (χ4v) is 5.36.